The summed E-state index contributed by atoms with van der Waals surface area (Å²) < 4.78 is 0. The predicted molar refractivity (Wildman–Crippen MR) is 74.1 cm³/mol. The SMILES string of the molecule is O=C(NCc1ccccc1)N1CCN2C(=O)NC[C@H]2C1. The lowest BCUT2D eigenvalue weighted by atomic mass is 10.2. The minimum atomic E-state index is -0.0622. The smallest absolute Gasteiger partial charge is 0.317 e. The number of hydrogen-bond acceptors (Lipinski definition) is 2. The highest BCUT2D eigenvalue weighted by Crippen LogP contribution is 2.14. The van der Waals surface area contributed by atoms with Gasteiger partial charge in [-0.05, 0) is 5.56 Å². The Kier molecular flexibility index (Phi) is 3.45. The van der Waals surface area contributed by atoms with Gasteiger partial charge in [0.25, 0.3) is 0 Å². The molecule has 3 rings (SSSR count). The van der Waals surface area contributed by atoms with Gasteiger partial charge in [0.1, 0.15) is 0 Å². The van der Waals surface area contributed by atoms with Crippen LogP contribution in [0, 0.1) is 0 Å². The summed E-state index contributed by atoms with van der Waals surface area (Å²) in [5.41, 5.74) is 1.08. The Labute approximate surface area is 117 Å². The van der Waals surface area contributed by atoms with Crippen LogP contribution in [0.3, 0.4) is 0 Å². The number of amides is 4. The summed E-state index contributed by atoms with van der Waals surface area (Å²) in [6, 6.07) is 9.86. The zero-order valence-electron chi connectivity index (χ0n) is 11.2. The number of benzene rings is 1. The summed E-state index contributed by atoms with van der Waals surface area (Å²) in [7, 11) is 0. The summed E-state index contributed by atoms with van der Waals surface area (Å²) in [5.74, 6) is 0. The highest BCUT2D eigenvalue weighted by Gasteiger charge is 2.36. The molecule has 106 valence electrons. The molecule has 6 heteroatoms. The van der Waals surface area contributed by atoms with Crippen molar-refractivity contribution < 1.29 is 9.59 Å². The van der Waals surface area contributed by atoms with Crippen LogP contribution in [0.2, 0.25) is 0 Å². The number of nitrogens with one attached hydrogen (secondary N) is 2. The van der Waals surface area contributed by atoms with Crippen LogP contribution in [0.15, 0.2) is 30.3 Å². The topological polar surface area (TPSA) is 64.7 Å². The Bertz CT molecular complexity index is 505. The van der Waals surface area contributed by atoms with Gasteiger partial charge in [0.2, 0.25) is 0 Å². The fraction of sp³-hybridized carbons (Fsp3) is 0.429. The van der Waals surface area contributed by atoms with Gasteiger partial charge < -0.3 is 20.4 Å². The summed E-state index contributed by atoms with van der Waals surface area (Å²) in [6.45, 7) is 2.95. The maximum Gasteiger partial charge on any atom is 0.317 e. The third kappa shape index (κ3) is 2.54. The summed E-state index contributed by atoms with van der Waals surface area (Å²) in [6.07, 6.45) is 0. The molecule has 0 radical (unpaired) electrons. The first-order valence-corrected chi connectivity index (χ1v) is 6.85. The Morgan fingerprint density at radius 3 is 2.90 bits per heavy atom. The molecule has 2 N–H and O–H groups in total. The van der Waals surface area contributed by atoms with Crippen LogP contribution in [-0.2, 0) is 6.54 Å². The second-order valence-electron chi connectivity index (χ2n) is 5.12. The Balaban J connectivity index is 1.52. The number of hydrogen-bond donors (Lipinski definition) is 2. The van der Waals surface area contributed by atoms with Crippen LogP contribution in [0.5, 0.6) is 0 Å². The largest absolute Gasteiger partial charge is 0.336 e. The van der Waals surface area contributed by atoms with Gasteiger partial charge in [-0.3, -0.25) is 0 Å². The minimum absolute atomic E-state index is 0.0145. The maximum atomic E-state index is 12.1. The Morgan fingerprint density at radius 1 is 1.30 bits per heavy atom. The molecule has 2 fully saturated rings. The van der Waals surface area contributed by atoms with Crippen molar-refractivity contribution >= 4 is 12.1 Å². The van der Waals surface area contributed by atoms with E-state index in [0.29, 0.717) is 32.7 Å². The second kappa shape index (κ2) is 5.40. The first kappa shape index (κ1) is 12.8. The number of fused-ring (bicyclic) bond motifs is 1. The molecule has 0 unspecified atom stereocenters. The summed E-state index contributed by atoms with van der Waals surface area (Å²) >= 11 is 0. The quantitative estimate of drug-likeness (QED) is 0.829. The third-order valence-electron chi connectivity index (χ3n) is 3.81. The number of nitrogens with zero attached hydrogens (tertiary/aromatic N) is 2. The molecule has 2 aliphatic heterocycles. The van der Waals surface area contributed by atoms with Crippen LogP contribution in [0.25, 0.3) is 0 Å². The average molecular weight is 274 g/mol. The molecular weight excluding hydrogens is 256 g/mol. The predicted octanol–water partition coefficient (Wildman–Crippen LogP) is 0.606. The summed E-state index contributed by atoms with van der Waals surface area (Å²) in [4.78, 5) is 27.2. The molecule has 0 aliphatic carbocycles. The van der Waals surface area contributed by atoms with Crippen molar-refractivity contribution in [1.29, 1.82) is 0 Å². The number of carbonyl (C=O) groups is 2. The number of urea groups is 2. The van der Waals surface area contributed by atoms with Crippen LogP contribution >= 0.6 is 0 Å². The fourth-order valence-electron chi connectivity index (χ4n) is 2.67. The lowest BCUT2D eigenvalue weighted by molar-refractivity contribution is 0.129. The van der Waals surface area contributed by atoms with E-state index in [1.165, 1.54) is 0 Å². The van der Waals surface area contributed by atoms with Gasteiger partial charge >= 0.3 is 12.1 Å². The lowest BCUT2D eigenvalue weighted by Gasteiger charge is -2.36. The van der Waals surface area contributed by atoms with Gasteiger partial charge in [-0.2, -0.15) is 0 Å². The zero-order valence-corrected chi connectivity index (χ0v) is 11.2. The van der Waals surface area contributed by atoms with E-state index in [4.69, 9.17) is 0 Å². The highest BCUT2D eigenvalue weighted by atomic mass is 16.2. The normalized spacial score (nSPS) is 21.4. The number of piperazine rings is 1. The van der Waals surface area contributed by atoms with Gasteiger partial charge in [0.15, 0.2) is 0 Å². The number of carbonyl (C=O) groups excluding carboxylic acids is 2. The van der Waals surface area contributed by atoms with Crippen molar-refractivity contribution in [2.45, 2.75) is 12.6 Å². The van der Waals surface area contributed by atoms with Crippen LogP contribution in [0.4, 0.5) is 9.59 Å². The molecular formula is C14H18N4O2. The van der Waals surface area contributed by atoms with Gasteiger partial charge in [-0.25, -0.2) is 9.59 Å². The molecule has 0 bridgehead atoms. The Morgan fingerprint density at radius 2 is 2.10 bits per heavy atom. The first-order chi connectivity index (χ1) is 9.74. The van der Waals surface area contributed by atoms with Gasteiger partial charge in [0.05, 0.1) is 6.04 Å². The molecule has 20 heavy (non-hydrogen) atoms. The lowest BCUT2D eigenvalue weighted by Crippen LogP contribution is -2.55. The van der Waals surface area contributed by atoms with Gasteiger partial charge in [0, 0.05) is 32.7 Å². The van der Waals surface area contributed by atoms with Crippen molar-refractivity contribution in [1.82, 2.24) is 20.4 Å². The van der Waals surface area contributed by atoms with Gasteiger partial charge in [-0.1, -0.05) is 30.3 Å². The van der Waals surface area contributed by atoms with E-state index in [1.54, 1.807) is 9.80 Å². The molecule has 0 saturated carbocycles. The number of rotatable bonds is 2. The molecule has 2 heterocycles. The van der Waals surface area contributed by atoms with E-state index in [1.807, 2.05) is 30.3 Å². The maximum absolute atomic E-state index is 12.1. The molecule has 2 saturated heterocycles. The minimum Gasteiger partial charge on any atom is -0.336 e. The van der Waals surface area contributed by atoms with E-state index >= 15 is 0 Å². The molecule has 2 aliphatic rings. The molecule has 0 aromatic heterocycles. The van der Waals surface area contributed by atoms with Crippen LogP contribution < -0.4 is 10.6 Å². The van der Waals surface area contributed by atoms with Crippen molar-refractivity contribution in [3.8, 4) is 0 Å². The van der Waals surface area contributed by atoms with Gasteiger partial charge in [-0.15, -0.1) is 0 Å². The zero-order chi connectivity index (χ0) is 13.9. The van der Waals surface area contributed by atoms with E-state index in [2.05, 4.69) is 10.6 Å². The average Bonchev–Trinajstić information content (AvgIpc) is 2.87. The van der Waals surface area contributed by atoms with Crippen molar-refractivity contribution in [2.75, 3.05) is 26.2 Å². The third-order valence-corrected chi connectivity index (χ3v) is 3.81. The highest BCUT2D eigenvalue weighted by molar-refractivity contribution is 5.78. The van der Waals surface area contributed by atoms with E-state index in [0.717, 1.165) is 5.56 Å². The van der Waals surface area contributed by atoms with E-state index < -0.39 is 0 Å². The molecule has 1 aromatic carbocycles. The van der Waals surface area contributed by atoms with Crippen molar-refractivity contribution in [2.24, 2.45) is 0 Å². The molecule has 1 atom stereocenters. The van der Waals surface area contributed by atoms with Crippen LogP contribution in [0.1, 0.15) is 5.56 Å². The van der Waals surface area contributed by atoms with E-state index in [-0.39, 0.29) is 18.1 Å². The fourth-order valence-corrected chi connectivity index (χ4v) is 2.67. The monoisotopic (exact) mass is 274 g/mol. The van der Waals surface area contributed by atoms with Crippen LogP contribution in [-0.4, -0.2) is 54.1 Å². The Hall–Kier alpha value is -2.24. The standard InChI is InChI=1S/C14H18N4O2/c19-13(15-8-11-4-2-1-3-5-11)17-6-7-18-12(10-17)9-16-14(18)20/h1-5,12H,6-10H2,(H,15,19)(H,16,20)/t12-/m0/s1. The first-order valence-electron chi connectivity index (χ1n) is 6.85. The molecule has 1 aromatic rings. The molecule has 6 nitrogen and oxygen atoms in total. The molecule has 0 spiro atoms. The molecule has 4 amide bonds. The van der Waals surface area contributed by atoms with Crippen molar-refractivity contribution in [3.05, 3.63) is 35.9 Å². The second-order valence-corrected chi connectivity index (χ2v) is 5.12. The van der Waals surface area contributed by atoms with Crippen molar-refractivity contribution in [3.63, 3.8) is 0 Å². The summed E-state index contributed by atoms with van der Waals surface area (Å²) in [5, 5.41) is 5.73. The van der Waals surface area contributed by atoms with E-state index in [9.17, 15) is 9.59 Å².